The minimum atomic E-state index is -4.63. The highest BCUT2D eigenvalue weighted by Gasteiger charge is 2.36. The van der Waals surface area contributed by atoms with E-state index >= 15 is 0 Å². The van der Waals surface area contributed by atoms with Crippen molar-refractivity contribution in [1.29, 1.82) is 5.26 Å². The number of halogens is 3. The second-order valence-electron chi connectivity index (χ2n) is 8.07. The van der Waals surface area contributed by atoms with Crippen LogP contribution in [-0.4, -0.2) is 35.8 Å². The number of anilines is 2. The van der Waals surface area contributed by atoms with Crippen LogP contribution in [0.15, 0.2) is 6.07 Å². The molecular formula is C19H22F3N5O2S. The van der Waals surface area contributed by atoms with E-state index in [-0.39, 0.29) is 32.6 Å². The molecule has 30 heavy (non-hydrogen) atoms. The smallest absolute Gasteiger partial charge is 0.417 e. The summed E-state index contributed by atoms with van der Waals surface area (Å²) in [4.78, 5) is 18.1. The van der Waals surface area contributed by atoms with Crippen molar-refractivity contribution in [2.24, 2.45) is 0 Å². The van der Waals surface area contributed by atoms with E-state index < -0.39 is 23.4 Å². The van der Waals surface area contributed by atoms with Gasteiger partial charge in [0.25, 0.3) is 0 Å². The number of nitrogens with two attached hydrogens (primary N) is 1. The molecule has 3 rings (SSSR count). The van der Waals surface area contributed by atoms with Gasteiger partial charge >= 0.3 is 12.3 Å². The van der Waals surface area contributed by atoms with E-state index in [1.807, 2.05) is 6.07 Å². The van der Waals surface area contributed by atoms with Gasteiger partial charge in [-0.15, -0.1) is 11.3 Å². The van der Waals surface area contributed by atoms with E-state index in [2.05, 4.69) is 10.3 Å². The summed E-state index contributed by atoms with van der Waals surface area (Å²) in [6, 6.07) is 2.67. The van der Waals surface area contributed by atoms with Crippen molar-refractivity contribution in [2.75, 3.05) is 23.7 Å². The molecule has 2 aromatic rings. The first-order chi connectivity index (χ1) is 13.9. The summed E-state index contributed by atoms with van der Waals surface area (Å²) in [5.74, 6) is 0.177. The van der Waals surface area contributed by atoms with Crippen molar-refractivity contribution in [3.8, 4) is 6.07 Å². The van der Waals surface area contributed by atoms with Gasteiger partial charge in [-0.1, -0.05) is 0 Å². The van der Waals surface area contributed by atoms with Gasteiger partial charge in [-0.05, 0) is 39.7 Å². The summed E-state index contributed by atoms with van der Waals surface area (Å²) < 4.78 is 46.2. The van der Waals surface area contributed by atoms with Crippen molar-refractivity contribution >= 4 is 39.2 Å². The third-order valence-corrected chi connectivity index (χ3v) is 5.64. The van der Waals surface area contributed by atoms with E-state index in [4.69, 9.17) is 15.7 Å². The molecule has 0 aliphatic carbocycles. The number of nitrogens with one attached hydrogen (secondary N) is 1. The minimum absolute atomic E-state index is 0.0143. The molecule has 0 radical (unpaired) electrons. The average Bonchev–Trinajstić information content (AvgIpc) is 2.95. The Kier molecular flexibility index (Phi) is 5.73. The molecule has 11 heteroatoms. The molecule has 1 aliphatic heterocycles. The van der Waals surface area contributed by atoms with Gasteiger partial charge in [0.2, 0.25) is 0 Å². The Morgan fingerprint density at radius 2 is 2.00 bits per heavy atom. The normalized spacial score (nSPS) is 15.8. The number of thiophene rings is 1. The second kappa shape index (κ2) is 7.83. The lowest BCUT2D eigenvalue weighted by molar-refractivity contribution is -0.136. The van der Waals surface area contributed by atoms with Crippen LogP contribution >= 0.6 is 11.3 Å². The standard InChI is InChI=1S/C19H22F3N5O2S/c1-18(2,3)29-17(28)25-10-4-6-27(7-5-10)13-8-11(19(20,21)22)14-15(24)12(9-23)30-16(14)26-13/h8,10H,4-7,24H2,1-3H3,(H,25,28). The lowest BCUT2D eigenvalue weighted by Gasteiger charge is -2.33. The van der Waals surface area contributed by atoms with E-state index in [0.717, 1.165) is 17.4 Å². The highest BCUT2D eigenvalue weighted by Crippen LogP contribution is 2.43. The number of ether oxygens (including phenoxy) is 1. The molecule has 0 bridgehead atoms. The zero-order chi connectivity index (χ0) is 22.3. The number of nitriles is 1. The number of aromatic nitrogens is 1. The van der Waals surface area contributed by atoms with Gasteiger partial charge in [-0.3, -0.25) is 0 Å². The van der Waals surface area contributed by atoms with Crippen LogP contribution in [0.1, 0.15) is 44.1 Å². The first-order valence-corrected chi connectivity index (χ1v) is 10.2. The summed E-state index contributed by atoms with van der Waals surface area (Å²) in [5.41, 5.74) is 4.07. The van der Waals surface area contributed by atoms with E-state index in [1.54, 1.807) is 25.7 Å². The monoisotopic (exact) mass is 441 g/mol. The molecule has 162 valence electrons. The predicted molar refractivity (Wildman–Crippen MR) is 108 cm³/mol. The van der Waals surface area contributed by atoms with Crippen LogP contribution in [0.4, 0.5) is 29.5 Å². The van der Waals surface area contributed by atoms with Crippen LogP contribution < -0.4 is 16.0 Å². The molecule has 7 nitrogen and oxygen atoms in total. The average molecular weight is 441 g/mol. The maximum Gasteiger partial charge on any atom is 0.417 e. The topological polar surface area (TPSA) is 104 Å². The van der Waals surface area contributed by atoms with Crippen molar-refractivity contribution < 1.29 is 22.7 Å². The zero-order valence-electron chi connectivity index (χ0n) is 16.8. The number of carbonyl (C=O) groups is 1. The second-order valence-corrected chi connectivity index (χ2v) is 9.07. The first-order valence-electron chi connectivity index (χ1n) is 9.34. The summed E-state index contributed by atoms with van der Waals surface area (Å²) >= 11 is 0.849. The van der Waals surface area contributed by atoms with Crippen LogP contribution in [0.25, 0.3) is 10.2 Å². The van der Waals surface area contributed by atoms with Crippen molar-refractivity contribution in [1.82, 2.24) is 10.3 Å². The number of nitrogens with zero attached hydrogens (tertiary/aromatic N) is 3. The number of fused-ring (bicyclic) bond motifs is 1. The van der Waals surface area contributed by atoms with Crippen LogP contribution in [0, 0.1) is 11.3 Å². The number of hydrogen-bond acceptors (Lipinski definition) is 7. The van der Waals surface area contributed by atoms with Crippen molar-refractivity contribution in [3.05, 3.63) is 16.5 Å². The number of piperidine rings is 1. The van der Waals surface area contributed by atoms with Gasteiger partial charge in [0, 0.05) is 24.5 Å². The summed E-state index contributed by atoms with van der Waals surface area (Å²) in [7, 11) is 0. The van der Waals surface area contributed by atoms with E-state index in [9.17, 15) is 18.0 Å². The van der Waals surface area contributed by atoms with Gasteiger partial charge in [0.1, 0.15) is 27.2 Å². The van der Waals surface area contributed by atoms with Gasteiger partial charge in [0.05, 0.1) is 11.3 Å². The Bertz CT molecular complexity index is 999. The number of hydrogen-bond donors (Lipinski definition) is 2. The molecule has 1 amide bonds. The fraction of sp³-hybridized carbons (Fsp3) is 0.526. The minimum Gasteiger partial charge on any atom is -0.444 e. The summed E-state index contributed by atoms with van der Waals surface area (Å²) in [6.07, 6.45) is -4.07. The number of rotatable bonds is 2. The molecule has 0 saturated carbocycles. The van der Waals surface area contributed by atoms with Gasteiger partial charge in [-0.25, -0.2) is 9.78 Å². The maximum atomic E-state index is 13.7. The molecule has 0 atom stereocenters. The Labute approximate surface area is 175 Å². The van der Waals surface area contributed by atoms with Gasteiger partial charge < -0.3 is 20.7 Å². The number of pyridine rings is 1. The Morgan fingerprint density at radius 3 is 2.53 bits per heavy atom. The highest BCUT2D eigenvalue weighted by atomic mass is 32.1. The van der Waals surface area contributed by atoms with Crippen LogP contribution in [-0.2, 0) is 10.9 Å². The third-order valence-electron chi connectivity index (χ3n) is 4.63. The Balaban J connectivity index is 1.80. The van der Waals surface area contributed by atoms with Gasteiger partial charge in [-0.2, -0.15) is 18.4 Å². The molecule has 1 aliphatic rings. The summed E-state index contributed by atoms with van der Waals surface area (Å²) in [6.45, 7) is 6.14. The number of alkyl carbamates (subject to hydrolysis) is 1. The van der Waals surface area contributed by atoms with Crippen LogP contribution in [0.3, 0.4) is 0 Å². The maximum absolute atomic E-state index is 13.7. The quantitative estimate of drug-likeness (QED) is 0.722. The molecule has 1 fully saturated rings. The van der Waals surface area contributed by atoms with Crippen molar-refractivity contribution in [3.63, 3.8) is 0 Å². The van der Waals surface area contributed by atoms with E-state index in [1.165, 1.54) is 0 Å². The molecule has 3 heterocycles. The predicted octanol–water partition coefficient (Wildman–Crippen LogP) is 4.26. The highest BCUT2D eigenvalue weighted by molar-refractivity contribution is 7.19. The Hall–Kier alpha value is -2.74. The molecule has 0 aromatic carbocycles. The zero-order valence-corrected chi connectivity index (χ0v) is 17.6. The largest absolute Gasteiger partial charge is 0.444 e. The number of nitrogen functional groups attached to an aromatic ring is 1. The third kappa shape index (κ3) is 4.70. The SMILES string of the molecule is CC(C)(C)OC(=O)NC1CCN(c2cc(C(F)(F)F)c3c(N)c(C#N)sc3n2)CC1. The van der Waals surface area contributed by atoms with Crippen LogP contribution in [0.2, 0.25) is 0 Å². The molecule has 0 spiro atoms. The molecule has 2 aromatic heterocycles. The van der Waals surface area contributed by atoms with Crippen molar-refractivity contribution in [2.45, 2.75) is 51.4 Å². The van der Waals surface area contributed by atoms with Crippen LogP contribution in [0.5, 0.6) is 0 Å². The number of alkyl halides is 3. The lowest BCUT2D eigenvalue weighted by atomic mass is 10.0. The lowest BCUT2D eigenvalue weighted by Crippen LogP contribution is -2.46. The fourth-order valence-corrected chi connectivity index (χ4v) is 4.22. The molecular weight excluding hydrogens is 419 g/mol. The number of amides is 1. The van der Waals surface area contributed by atoms with Gasteiger partial charge in [0.15, 0.2) is 0 Å². The fourth-order valence-electron chi connectivity index (χ4n) is 3.30. The molecule has 0 unspecified atom stereocenters. The molecule has 1 saturated heterocycles. The Morgan fingerprint density at radius 1 is 1.37 bits per heavy atom. The number of carbonyl (C=O) groups excluding carboxylic acids is 1. The first kappa shape index (κ1) is 22.0. The summed E-state index contributed by atoms with van der Waals surface area (Å²) in [5, 5.41) is 11.7. The molecule has 3 N–H and O–H groups in total. The van der Waals surface area contributed by atoms with E-state index in [0.29, 0.717) is 25.9 Å².